The first-order chi connectivity index (χ1) is 13.7. The first-order valence-electron chi connectivity index (χ1n) is 10.1. The van der Waals surface area contributed by atoms with Gasteiger partial charge < -0.3 is 15.3 Å². The molecule has 1 aliphatic rings. The Hall–Kier alpha value is -1.92. The lowest BCUT2D eigenvalue weighted by molar-refractivity contribution is 0.0999. The molecule has 2 N–H and O–H groups in total. The minimum Gasteiger partial charge on any atom is -0.388 e. The Labute approximate surface area is 171 Å². The van der Waals surface area contributed by atoms with Gasteiger partial charge in [-0.2, -0.15) is 0 Å². The van der Waals surface area contributed by atoms with Gasteiger partial charge in [-0.15, -0.1) is 11.3 Å². The smallest absolute Gasteiger partial charge is 0.0816 e. The molecule has 0 radical (unpaired) electrons. The molecular weight excluding hydrogens is 366 g/mol. The van der Waals surface area contributed by atoms with E-state index in [1.165, 1.54) is 15.6 Å². The van der Waals surface area contributed by atoms with Gasteiger partial charge in [-0.3, -0.25) is 4.90 Å². The third-order valence-electron chi connectivity index (χ3n) is 5.69. The summed E-state index contributed by atoms with van der Waals surface area (Å²) in [7, 11) is 1.93. The van der Waals surface area contributed by atoms with E-state index in [9.17, 15) is 5.11 Å². The molecular formula is C23H29N3OS. The molecule has 2 heterocycles. The number of fused-ring (bicyclic) bond motifs is 1. The Morgan fingerprint density at radius 3 is 2.54 bits per heavy atom. The summed E-state index contributed by atoms with van der Waals surface area (Å²) in [4.78, 5) is 5.01. The van der Waals surface area contributed by atoms with Gasteiger partial charge in [0.2, 0.25) is 0 Å². The van der Waals surface area contributed by atoms with Crippen LogP contribution in [-0.2, 0) is 6.54 Å². The molecule has 1 fully saturated rings. The van der Waals surface area contributed by atoms with Crippen LogP contribution in [0.1, 0.15) is 23.7 Å². The number of hydrogen-bond donors (Lipinski definition) is 2. The van der Waals surface area contributed by atoms with Crippen molar-refractivity contribution in [1.82, 2.24) is 9.80 Å². The number of rotatable bonds is 7. The average molecular weight is 396 g/mol. The third kappa shape index (κ3) is 4.55. The van der Waals surface area contributed by atoms with Crippen LogP contribution < -0.4 is 5.32 Å². The summed E-state index contributed by atoms with van der Waals surface area (Å²) in [6, 6.07) is 17.1. The highest BCUT2D eigenvalue weighted by Gasteiger charge is 2.19. The number of thiophene rings is 1. The fourth-order valence-electron chi connectivity index (χ4n) is 3.94. The van der Waals surface area contributed by atoms with E-state index in [1.807, 2.05) is 7.05 Å². The van der Waals surface area contributed by atoms with Crippen LogP contribution in [0.4, 0.5) is 5.69 Å². The van der Waals surface area contributed by atoms with Gasteiger partial charge in [-0.1, -0.05) is 36.4 Å². The maximum absolute atomic E-state index is 10.8. The number of piperazine rings is 1. The van der Waals surface area contributed by atoms with E-state index in [-0.39, 0.29) is 0 Å². The second-order valence-corrected chi connectivity index (χ2v) is 8.47. The number of nitrogens with zero attached hydrogens (tertiary/aromatic N) is 2. The second kappa shape index (κ2) is 9.05. The minimum absolute atomic E-state index is 0.392. The van der Waals surface area contributed by atoms with Crippen molar-refractivity contribution in [3.8, 4) is 0 Å². The molecule has 5 heteroatoms. The van der Waals surface area contributed by atoms with E-state index in [0.717, 1.165) is 56.9 Å². The monoisotopic (exact) mass is 395 g/mol. The third-order valence-corrected chi connectivity index (χ3v) is 6.65. The minimum atomic E-state index is -0.392. The van der Waals surface area contributed by atoms with E-state index in [0.29, 0.717) is 0 Å². The standard InChI is InChI=1S/C23H29N3OS/c1-24-19-7-8-20-21(17-28-23(20)15-19)22(27)9-10-25-11-13-26(14-12-25)16-18-5-3-2-4-6-18/h2-8,15,17,22,24,27H,9-14,16H2,1H3. The van der Waals surface area contributed by atoms with Gasteiger partial charge in [0.15, 0.2) is 0 Å². The van der Waals surface area contributed by atoms with Crippen LogP contribution in [0.25, 0.3) is 10.1 Å². The van der Waals surface area contributed by atoms with Crippen LogP contribution in [0.15, 0.2) is 53.9 Å². The summed E-state index contributed by atoms with van der Waals surface area (Å²) in [5.74, 6) is 0. The van der Waals surface area contributed by atoms with Crippen LogP contribution in [0.2, 0.25) is 0 Å². The van der Waals surface area contributed by atoms with Gasteiger partial charge in [0.05, 0.1) is 6.10 Å². The van der Waals surface area contributed by atoms with E-state index in [2.05, 4.69) is 69.0 Å². The van der Waals surface area contributed by atoms with Gasteiger partial charge in [0.25, 0.3) is 0 Å². The van der Waals surface area contributed by atoms with E-state index >= 15 is 0 Å². The largest absolute Gasteiger partial charge is 0.388 e. The molecule has 0 bridgehead atoms. The fraction of sp³-hybridized carbons (Fsp3) is 0.391. The molecule has 0 saturated carbocycles. The molecule has 1 aromatic heterocycles. The van der Waals surface area contributed by atoms with Gasteiger partial charge >= 0.3 is 0 Å². The van der Waals surface area contributed by atoms with Crippen LogP contribution in [-0.4, -0.2) is 54.7 Å². The highest BCUT2D eigenvalue weighted by molar-refractivity contribution is 7.17. The van der Waals surface area contributed by atoms with Crippen molar-refractivity contribution >= 4 is 27.1 Å². The highest BCUT2D eigenvalue weighted by atomic mass is 32.1. The average Bonchev–Trinajstić information content (AvgIpc) is 3.17. The Morgan fingerprint density at radius 1 is 1.04 bits per heavy atom. The molecule has 3 aromatic rings. The SMILES string of the molecule is CNc1ccc2c(C(O)CCN3CCN(Cc4ccccc4)CC3)csc2c1. The molecule has 0 spiro atoms. The number of nitrogens with one attached hydrogen (secondary N) is 1. The zero-order chi connectivity index (χ0) is 19.3. The first kappa shape index (κ1) is 19.4. The van der Waals surface area contributed by atoms with Gasteiger partial charge in [-0.05, 0) is 40.4 Å². The number of benzene rings is 2. The molecule has 1 unspecified atom stereocenters. The van der Waals surface area contributed by atoms with Gasteiger partial charge in [0, 0.05) is 56.7 Å². The molecule has 2 aromatic carbocycles. The lowest BCUT2D eigenvalue weighted by Crippen LogP contribution is -2.46. The van der Waals surface area contributed by atoms with Crippen molar-refractivity contribution < 1.29 is 5.11 Å². The maximum atomic E-state index is 10.8. The van der Waals surface area contributed by atoms with Gasteiger partial charge in [0.1, 0.15) is 0 Å². The summed E-state index contributed by atoms with van der Waals surface area (Å²) in [5, 5.41) is 17.2. The fourth-order valence-corrected chi connectivity index (χ4v) is 4.98. The van der Waals surface area contributed by atoms with Crippen LogP contribution in [0, 0.1) is 0 Å². The normalized spacial score (nSPS) is 17.1. The molecule has 1 saturated heterocycles. The van der Waals surface area contributed by atoms with Crippen LogP contribution in [0.3, 0.4) is 0 Å². The predicted octanol–water partition coefficient (Wildman–Crippen LogP) is 4.18. The summed E-state index contributed by atoms with van der Waals surface area (Å²) in [6.07, 6.45) is 0.398. The van der Waals surface area contributed by atoms with E-state index < -0.39 is 6.10 Å². The number of anilines is 1. The molecule has 0 aliphatic carbocycles. The Kier molecular flexibility index (Phi) is 6.27. The predicted molar refractivity (Wildman–Crippen MR) is 119 cm³/mol. The van der Waals surface area contributed by atoms with Crippen molar-refractivity contribution in [1.29, 1.82) is 0 Å². The number of aliphatic hydroxyl groups excluding tert-OH is 1. The lowest BCUT2D eigenvalue weighted by Gasteiger charge is -2.35. The molecule has 28 heavy (non-hydrogen) atoms. The number of hydrogen-bond acceptors (Lipinski definition) is 5. The quantitative estimate of drug-likeness (QED) is 0.629. The summed E-state index contributed by atoms with van der Waals surface area (Å²) in [6.45, 7) is 6.34. The molecule has 1 atom stereocenters. The topological polar surface area (TPSA) is 38.7 Å². The zero-order valence-electron chi connectivity index (χ0n) is 16.5. The van der Waals surface area contributed by atoms with Gasteiger partial charge in [-0.25, -0.2) is 0 Å². The highest BCUT2D eigenvalue weighted by Crippen LogP contribution is 2.33. The summed E-state index contributed by atoms with van der Waals surface area (Å²) >= 11 is 1.71. The van der Waals surface area contributed by atoms with Crippen molar-refractivity contribution in [2.75, 3.05) is 45.1 Å². The molecule has 148 valence electrons. The molecule has 4 rings (SSSR count). The second-order valence-electron chi connectivity index (χ2n) is 7.56. The van der Waals surface area contributed by atoms with Crippen molar-refractivity contribution in [3.05, 3.63) is 65.0 Å². The van der Waals surface area contributed by atoms with Crippen molar-refractivity contribution in [3.63, 3.8) is 0 Å². The molecule has 1 aliphatic heterocycles. The first-order valence-corrected chi connectivity index (χ1v) is 11.0. The Bertz CT molecular complexity index is 887. The maximum Gasteiger partial charge on any atom is 0.0816 e. The summed E-state index contributed by atoms with van der Waals surface area (Å²) < 4.78 is 1.23. The van der Waals surface area contributed by atoms with Crippen molar-refractivity contribution in [2.24, 2.45) is 0 Å². The summed E-state index contributed by atoms with van der Waals surface area (Å²) in [5.41, 5.74) is 3.58. The zero-order valence-corrected chi connectivity index (χ0v) is 17.3. The Morgan fingerprint density at radius 2 is 1.79 bits per heavy atom. The van der Waals surface area contributed by atoms with Crippen LogP contribution in [0.5, 0.6) is 0 Å². The van der Waals surface area contributed by atoms with Crippen LogP contribution >= 0.6 is 11.3 Å². The molecule has 0 amide bonds. The van der Waals surface area contributed by atoms with E-state index in [4.69, 9.17) is 0 Å². The molecule has 4 nitrogen and oxygen atoms in total. The Balaban J connectivity index is 1.27. The lowest BCUT2D eigenvalue weighted by atomic mass is 10.0. The van der Waals surface area contributed by atoms with Crippen molar-refractivity contribution in [2.45, 2.75) is 19.1 Å². The number of aliphatic hydroxyl groups is 1. The van der Waals surface area contributed by atoms with E-state index in [1.54, 1.807) is 11.3 Å².